The Morgan fingerprint density at radius 3 is 2.55 bits per heavy atom. The largest absolute Gasteiger partial charge is 0.374 e. The summed E-state index contributed by atoms with van der Waals surface area (Å²) in [6.07, 6.45) is 1.49. The zero-order chi connectivity index (χ0) is 16.4. The lowest BCUT2D eigenvalue weighted by molar-refractivity contribution is -0.386. The van der Waals surface area contributed by atoms with Crippen LogP contribution in [0.25, 0.3) is 0 Å². The van der Waals surface area contributed by atoms with Gasteiger partial charge in [0.2, 0.25) is 0 Å². The Morgan fingerprint density at radius 2 is 2.00 bits per heavy atom. The Bertz CT molecular complexity index is 840. The van der Waals surface area contributed by atoms with Crippen LogP contribution in [0.15, 0.2) is 27.9 Å². The minimum Gasteiger partial charge on any atom is -0.361 e. The van der Waals surface area contributed by atoms with Crippen LogP contribution in [0.1, 0.15) is 5.56 Å². The highest BCUT2D eigenvalue weighted by Gasteiger charge is 2.25. The van der Waals surface area contributed by atoms with E-state index in [1.165, 1.54) is 20.3 Å². The van der Waals surface area contributed by atoms with Crippen molar-refractivity contribution in [2.45, 2.75) is 6.54 Å². The van der Waals surface area contributed by atoms with Gasteiger partial charge in [0.15, 0.2) is 5.82 Å². The number of anilines is 1. The number of hydrogen-bond donors (Lipinski definition) is 1. The zero-order valence-corrected chi connectivity index (χ0v) is 12.5. The molecule has 0 aliphatic heterocycles. The normalized spacial score (nSPS) is 10.5. The van der Waals surface area contributed by atoms with Crippen LogP contribution in [-0.2, 0) is 20.6 Å². The van der Waals surface area contributed by atoms with Gasteiger partial charge in [-0.25, -0.2) is 9.78 Å². The summed E-state index contributed by atoms with van der Waals surface area (Å²) in [4.78, 5) is 38.0. The average Bonchev–Trinajstić information content (AvgIpc) is 2.48. The van der Waals surface area contributed by atoms with Gasteiger partial charge in [0.25, 0.3) is 0 Å². The highest BCUT2D eigenvalue weighted by molar-refractivity contribution is 6.29. The Labute approximate surface area is 128 Å². The van der Waals surface area contributed by atoms with E-state index in [0.717, 1.165) is 4.57 Å². The summed E-state index contributed by atoms with van der Waals surface area (Å²) in [6.45, 7) is 0.144. The Hall–Kier alpha value is -2.68. The van der Waals surface area contributed by atoms with Gasteiger partial charge in [0, 0.05) is 26.8 Å². The van der Waals surface area contributed by atoms with Crippen molar-refractivity contribution in [1.82, 2.24) is 14.1 Å². The van der Waals surface area contributed by atoms with Crippen LogP contribution in [0.2, 0.25) is 5.15 Å². The molecule has 2 aromatic rings. The Kier molecular flexibility index (Phi) is 4.27. The van der Waals surface area contributed by atoms with Gasteiger partial charge < -0.3 is 5.32 Å². The molecule has 9 nitrogen and oxygen atoms in total. The summed E-state index contributed by atoms with van der Waals surface area (Å²) in [6, 6.07) is 3.24. The van der Waals surface area contributed by atoms with Crippen molar-refractivity contribution in [2.24, 2.45) is 14.1 Å². The van der Waals surface area contributed by atoms with E-state index in [1.54, 1.807) is 12.1 Å². The number of rotatable bonds is 4. The monoisotopic (exact) mass is 325 g/mol. The molecule has 10 heteroatoms. The third-order valence-electron chi connectivity index (χ3n) is 3.07. The van der Waals surface area contributed by atoms with E-state index in [4.69, 9.17) is 11.6 Å². The number of nitrogens with zero attached hydrogens (tertiary/aromatic N) is 4. The fourth-order valence-corrected chi connectivity index (χ4v) is 2.00. The van der Waals surface area contributed by atoms with E-state index < -0.39 is 21.9 Å². The molecule has 0 bridgehead atoms. The zero-order valence-electron chi connectivity index (χ0n) is 11.7. The van der Waals surface area contributed by atoms with Gasteiger partial charge >= 0.3 is 16.9 Å². The smallest absolute Gasteiger partial charge is 0.361 e. The number of nitro groups is 1. The van der Waals surface area contributed by atoms with Gasteiger partial charge in [0.1, 0.15) is 5.15 Å². The van der Waals surface area contributed by atoms with Crippen LogP contribution in [0, 0.1) is 10.1 Å². The molecular formula is C12H12ClN5O4. The summed E-state index contributed by atoms with van der Waals surface area (Å²) in [5.74, 6) is -0.159. The summed E-state index contributed by atoms with van der Waals surface area (Å²) in [5, 5.41) is 14.2. The summed E-state index contributed by atoms with van der Waals surface area (Å²) in [5.41, 5.74) is -1.63. The highest BCUT2D eigenvalue weighted by atomic mass is 35.5. The molecule has 0 unspecified atom stereocenters. The minimum atomic E-state index is -0.968. The van der Waals surface area contributed by atoms with Crippen molar-refractivity contribution >= 4 is 23.1 Å². The van der Waals surface area contributed by atoms with Crippen LogP contribution in [0.4, 0.5) is 11.5 Å². The van der Waals surface area contributed by atoms with Crippen molar-refractivity contribution in [3.8, 4) is 0 Å². The van der Waals surface area contributed by atoms with Crippen molar-refractivity contribution in [1.29, 1.82) is 0 Å². The molecule has 0 saturated heterocycles. The molecule has 0 aliphatic carbocycles. The maximum atomic E-state index is 11.9. The molecule has 2 aromatic heterocycles. The molecule has 0 atom stereocenters. The van der Waals surface area contributed by atoms with Crippen molar-refractivity contribution in [2.75, 3.05) is 5.32 Å². The van der Waals surface area contributed by atoms with Crippen LogP contribution in [0.3, 0.4) is 0 Å². The molecule has 22 heavy (non-hydrogen) atoms. The fourth-order valence-electron chi connectivity index (χ4n) is 1.89. The molecule has 0 amide bonds. The number of aromatic nitrogens is 3. The first-order valence-corrected chi connectivity index (χ1v) is 6.49. The van der Waals surface area contributed by atoms with E-state index >= 15 is 0 Å². The summed E-state index contributed by atoms with van der Waals surface area (Å²) >= 11 is 5.67. The lowest BCUT2D eigenvalue weighted by Gasteiger charge is -2.12. The molecule has 1 N–H and O–H groups in total. The Morgan fingerprint density at radius 1 is 1.32 bits per heavy atom. The molecular weight excluding hydrogens is 314 g/mol. The average molecular weight is 326 g/mol. The van der Waals surface area contributed by atoms with E-state index in [9.17, 15) is 19.7 Å². The van der Waals surface area contributed by atoms with Crippen LogP contribution in [0.5, 0.6) is 0 Å². The molecule has 2 heterocycles. The molecule has 0 fully saturated rings. The second-order valence-electron chi connectivity index (χ2n) is 4.50. The summed E-state index contributed by atoms with van der Waals surface area (Å²) in [7, 11) is 2.53. The first-order valence-electron chi connectivity index (χ1n) is 6.11. The summed E-state index contributed by atoms with van der Waals surface area (Å²) < 4.78 is 1.70. The van der Waals surface area contributed by atoms with Gasteiger partial charge in [-0.3, -0.25) is 24.0 Å². The quantitative estimate of drug-likeness (QED) is 0.502. The maximum Gasteiger partial charge on any atom is 0.374 e. The lowest BCUT2D eigenvalue weighted by atomic mass is 10.3. The van der Waals surface area contributed by atoms with Gasteiger partial charge in [-0.05, 0) is 11.6 Å². The number of hydrogen-bond acceptors (Lipinski definition) is 6. The van der Waals surface area contributed by atoms with Gasteiger partial charge in [0.05, 0.1) is 4.92 Å². The second kappa shape index (κ2) is 5.98. The number of halogens is 1. The topological polar surface area (TPSA) is 112 Å². The molecule has 0 saturated carbocycles. The van der Waals surface area contributed by atoms with E-state index in [1.807, 2.05) is 0 Å². The third kappa shape index (κ3) is 2.84. The predicted molar refractivity (Wildman–Crippen MR) is 80.2 cm³/mol. The SMILES string of the molecule is Cn1c(NCc2ccc(Cl)nc2)c([N+](=O)[O-])c(=O)n(C)c1=O. The van der Waals surface area contributed by atoms with Crippen LogP contribution in [-0.4, -0.2) is 19.0 Å². The lowest BCUT2D eigenvalue weighted by Crippen LogP contribution is -2.39. The predicted octanol–water partition coefficient (Wildman–Crippen LogP) is 0.653. The molecule has 116 valence electrons. The molecule has 0 radical (unpaired) electrons. The van der Waals surface area contributed by atoms with Crippen LogP contribution < -0.4 is 16.6 Å². The molecule has 0 aromatic carbocycles. The molecule has 2 rings (SSSR count). The maximum absolute atomic E-state index is 11.9. The van der Waals surface area contributed by atoms with Gasteiger partial charge in [-0.2, -0.15) is 0 Å². The molecule has 0 aliphatic rings. The van der Waals surface area contributed by atoms with E-state index in [0.29, 0.717) is 15.3 Å². The second-order valence-corrected chi connectivity index (χ2v) is 4.89. The fraction of sp³-hybridized carbons (Fsp3) is 0.250. The minimum absolute atomic E-state index is 0.144. The highest BCUT2D eigenvalue weighted by Crippen LogP contribution is 2.18. The molecule has 0 spiro atoms. The van der Waals surface area contributed by atoms with Crippen molar-refractivity contribution in [3.05, 3.63) is 60.0 Å². The standard InChI is InChI=1S/C12H12ClN5O4/c1-16-10(15-6-7-3-4-8(13)14-5-7)9(18(21)22)11(19)17(2)12(16)20/h3-5,15H,6H2,1-2H3. The number of nitrogens with one attached hydrogen (secondary N) is 1. The van der Waals surface area contributed by atoms with Gasteiger partial charge in [-0.1, -0.05) is 17.7 Å². The van der Waals surface area contributed by atoms with Crippen molar-refractivity contribution in [3.63, 3.8) is 0 Å². The third-order valence-corrected chi connectivity index (χ3v) is 3.30. The van der Waals surface area contributed by atoms with Crippen LogP contribution >= 0.6 is 11.6 Å². The number of pyridine rings is 1. The van der Waals surface area contributed by atoms with E-state index in [-0.39, 0.29) is 12.4 Å². The first kappa shape index (κ1) is 15.7. The van der Waals surface area contributed by atoms with Crippen molar-refractivity contribution < 1.29 is 4.92 Å². The van der Waals surface area contributed by atoms with E-state index in [2.05, 4.69) is 10.3 Å². The van der Waals surface area contributed by atoms with Gasteiger partial charge in [-0.15, -0.1) is 0 Å². The Balaban J connectivity index is 2.46. The first-order chi connectivity index (χ1) is 10.3.